The molecule has 0 saturated heterocycles. The van der Waals surface area contributed by atoms with Gasteiger partial charge in [0.15, 0.2) is 0 Å². The van der Waals surface area contributed by atoms with Gasteiger partial charge in [0, 0.05) is 12.2 Å². The molecule has 0 saturated carbocycles. The van der Waals surface area contributed by atoms with Gasteiger partial charge in [-0.2, -0.15) is 0 Å². The van der Waals surface area contributed by atoms with Crippen molar-refractivity contribution in [3.05, 3.63) is 24.0 Å². The summed E-state index contributed by atoms with van der Waals surface area (Å²) < 4.78 is 1.91. The number of rotatable bonds is 2. The fourth-order valence-corrected chi connectivity index (χ4v) is 1.56. The fourth-order valence-electron chi connectivity index (χ4n) is 1.56. The van der Waals surface area contributed by atoms with E-state index in [4.69, 9.17) is 10.8 Å². The Morgan fingerprint density at radius 2 is 2.33 bits per heavy atom. The second kappa shape index (κ2) is 3.27. The summed E-state index contributed by atoms with van der Waals surface area (Å²) in [6.45, 7) is 2.77. The molecular formula is C10H11N3O2. The Kier molecular flexibility index (Phi) is 2.07. The molecule has 5 heteroatoms. The molecule has 0 spiro atoms. The summed E-state index contributed by atoms with van der Waals surface area (Å²) in [6, 6.07) is 3.15. The molecule has 0 aliphatic carbocycles. The van der Waals surface area contributed by atoms with Crippen LogP contribution in [0, 0.1) is 0 Å². The van der Waals surface area contributed by atoms with Crippen molar-refractivity contribution in [2.45, 2.75) is 13.5 Å². The van der Waals surface area contributed by atoms with Crippen LogP contribution < -0.4 is 5.73 Å². The number of aromatic carboxylic acids is 1. The number of carboxylic acid groups (broad SMARTS) is 1. The van der Waals surface area contributed by atoms with Crippen molar-refractivity contribution < 1.29 is 9.90 Å². The molecule has 0 bridgehead atoms. The lowest BCUT2D eigenvalue weighted by Gasteiger charge is -2.02. The van der Waals surface area contributed by atoms with Crippen molar-refractivity contribution in [2.75, 3.05) is 5.73 Å². The van der Waals surface area contributed by atoms with Gasteiger partial charge in [-0.15, -0.1) is 0 Å². The molecule has 0 unspecified atom stereocenters. The topological polar surface area (TPSA) is 81.1 Å². The number of nitrogens with two attached hydrogens (primary N) is 1. The van der Waals surface area contributed by atoms with E-state index in [1.807, 2.05) is 11.5 Å². The Bertz CT molecular complexity index is 531. The number of benzene rings is 1. The Morgan fingerprint density at radius 3 is 2.93 bits per heavy atom. The lowest BCUT2D eigenvalue weighted by Crippen LogP contribution is -2.02. The number of hydrogen-bond donors (Lipinski definition) is 2. The fraction of sp³-hybridized carbons (Fsp3) is 0.200. The smallest absolute Gasteiger partial charge is 0.337 e. The molecule has 3 N–H and O–H groups in total. The van der Waals surface area contributed by atoms with Gasteiger partial charge in [-0.3, -0.25) is 0 Å². The third-order valence-electron chi connectivity index (χ3n) is 2.36. The summed E-state index contributed by atoms with van der Waals surface area (Å²) in [5.74, 6) is -1.03. The maximum absolute atomic E-state index is 10.8. The molecule has 0 radical (unpaired) electrons. The van der Waals surface area contributed by atoms with Gasteiger partial charge in [0.05, 0.1) is 22.9 Å². The largest absolute Gasteiger partial charge is 0.478 e. The monoisotopic (exact) mass is 205 g/mol. The van der Waals surface area contributed by atoms with E-state index in [9.17, 15) is 4.79 Å². The van der Waals surface area contributed by atoms with Crippen molar-refractivity contribution in [1.82, 2.24) is 9.55 Å². The Morgan fingerprint density at radius 1 is 1.60 bits per heavy atom. The van der Waals surface area contributed by atoms with Crippen LogP contribution >= 0.6 is 0 Å². The molecule has 0 atom stereocenters. The molecule has 2 aromatic rings. The van der Waals surface area contributed by atoms with Crippen LogP contribution in [-0.2, 0) is 6.54 Å². The highest BCUT2D eigenvalue weighted by Crippen LogP contribution is 2.21. The molecule has 1 aromatic carbocycles. The summed E-state index contributed by atoms with van der Waals surface area (Å²) in [5.41, 5.74) is 7.53. The number of aromatic nitrogens is 2. The first-order valence-corrected chi connectivity index (χ1v) is 4.61. The Labute approximate surface area is 86.1 Å². The first kappa shape index (κ1) is 9.51. The number of nitrogens with zero attached hydrogens (tertiary/aromatic N) is 2. The van der Waals surface area contributed by atoms with E-state index in [1.54, 1.807) is 12.4 Å². The number of imidazole rings is 1. The van der Waals surface area contributed by atoms with E-state index in [1.165, 1.54) is 6.07 Å². The van der Waals surface area contributed by atoms with Gasteiger partial charge < -0.3 is 15.4 Å². The zero-order valence-electron chi connectivity index (χ0n) is 8.27. The predicted octanol–water partition coefficient (Wildman–Crippen LogP) is 1.34. The zero-order chi connectivity index (χ0) is 11.0. The van der Waals surface area contributed by atoms with Gasteiger partial charge in [0.2, 0.25) is 0 Å². The SMILES string of the molecule is CCn1cnc2cc(C(=O)O)c(N)cc21. The molecule has 0 aliphatic rings. The van der Waals surface area contributed by atoms with Gasteiger partial charge in [0.1, 0.15) is 0 Å². The zero-order valence-corrected chi connectivity index (χ0v) is 8.27. The summed E-state index contributed by atoms with van der Waals surface area (Å²) in [4.78, 5) is 14.9. The maximum atomic E-state index is 10.8. The number of fused-ring (bicyclic) bond motifs is 1. The maximum Gasteiger partial charge on any atom is 0.337 e. The first-order valence-electron chi connectivity index (χ1n) is 4.61. The second-order valence-electron chi connectivity index (χ2n) is 3.26. The van der Waals surface area contributed by atoms with Crippen LogP contribution in [0.15, 0.2) is 18.5 Å². The minimum Gasteiger partial charge on any atom is -0.478 e. The molecule has 0 amide bonds. The average molecular weight is 205 g/mol. The second-order valence-corrected chi connectivity index (χ2v) is 3.26. The lowest BCUT2D eigenvalue weighted by molar-refractivity contribution is 0.0698. The highest BCUT2D eigenvalue weighted by atomic mass is 16.4. The minimum atomic E-state index is -1.03. The van der Waals surface area contributed by atoms with Crippen LogP contribution in [-0.4, -0.2) is 20.6 Å². The van der Waals surface area contributed by atoms with Crippen molar-refractivity contribution in [2.24, 2.45) is 0 Å². The Hall–Kier alpha value is -2.04. The molecule has 1 aromatic heterocycles. The first-order chi connectivity index (χ1) is 7.13. The molecule has 5 nitrogen and oxygen atoms in total. The predicted molar refractivity (Wildman–Crippen MR) is 56.8 cm³/mol. The number of anilines is 1. The van der Waals surface area contributed by atoms with Gasteiger partial charge in [-0.25, -0.2) is 9.78 Å². The number of carboxylic acids is 1. The van der Waals surface area contributed by atoms with E-state index >= 15 is 0 Å². The summed E-state index contributed by atoms with van der Waals surface area (Å²) in [6.07, 6.45) is 1.68. The van der Waals surface area contributed by atoms with Crippen LogP contribution in [0.1, 0.15) is 17.3 Å². The molecule has 0 fully saturated rings. The van der Waals surface area contributed by atoms with Gasteiger partial charge in [0.25, 0.3) is 0 Å². The van der Waals surface area contributed by atoms with Crippen LogP contribution in [0.4, 0.5) is 5.69 Å². The molecular weight excluding hydrogens is 194 g/mol. The van der Waals surface area contributed by atoms with Gasteiger partial charge >= 0.3 is 5.97 Å². The average Bonchev–Trinajstić information content (AvgIpc) is 2.58. The third-order valence-corrected chi connectivity index (χ3v) is 2.36. The molecule has 0 aliphatic heterocycles. The standard InChI is InChI=1S/C10H11N3O2/c1-2-13-5-12-8-3-6(10(14)15)7(11)4-9(8)13/h3-5H,2,11H2,1H3,(H,14,15). The van der Waals surface area contributed by atoms with E-state index in [0.29, 0.717) is 5.52 Å². The third kappa shape index (κ3) is 1.41. The minimum absolute atomic E-state index is 0.101. The van der Waals surface area contributed by atoms with E-state index in [-0.39, 0.29) is 11.3 Å². The van der Waals surface area contributed by atoms with Gasteiger partial charge in [-0.1, -0.05) is 0 Å². The van der Waals surface area contributed by atoms with Crippen LogP contribution in [0.3, 0.4) is 0 Å². The molecule has 2 rings (SSSR count). The Balaban J connectivity index is 2.72. The number of nitrogen functional groups attached to an aromatic ring is 1. The van der Waals surface area contributed by atoms with E-state index < -0.39 is 5.97 Å². The number of carbonyl (C=O) groups is 1. The lowest BCUT2D eigenvalue weighted by atomic mass is 10.1. The normalized spacial score (nSPS) is 10.7. The highest BCUT2D eigenvalue weighted by molar-refractivity contribution is 5.98. The van der Waals surface area contributed by atoms with Gasteiger partial charge in [-0.05, 0) is 19.1 Å². The van der Waals surface area contributed by atoms with Crippen molar-refractivity contribution in [3.8, 4) is 0 Å². The molecule has 1 heterocycles. The van der Waals surface area contributed by atoms with Crippen LogP contribution in [0.2, 0.25) is 0 Å². The van der Waals surface area contributed by atoms with E-state index in [2.05, 4.69) is 4.98 Å². The van der Waals surface area contributed by atoms with Crippen molar-refractivity contribution in [3.63, 3.8) is 0 Å². The quantitative estimate of drug-likeness (QED) is 0.725. The van der Waals surface area contributed by atoms with Crippen molar-refractivity contribution in [1.29, 1.82) is 0 Å². The highest BCUT2D eigenvalue weighted by Gasteiger charge is 2.11. The van der Waals surface area contributed by atoms with Crippen LogP contribution in [0.25, 0.3) is 11.0 Å². The van der Waals surface area contributed by atoms with Crippen molar-refractivity contribution >= 4 is 22.7 Å². The van der Waals surface area contributed by atoms with E-state index in [0.717, 1.165) is 12.1 Å². The number of hydrogen-bond acceptors (Lipinski definition) is 3. The summed E-state index contributed by atoms with van der Waals surface area (Å²) in [7, 11) is 0. The summed E-state index contributed by atoms with van der Waals surface area (Å²) >= 11 is 0. The molecule has 78 valence electrons. The van der Waals surface area contributed by atoms with Crippen LogP contribution in [0.5, 0.6) is 0 Å². The summed E-state index contributed by atoms with van der Waals surface area (Å²) in [5, 5.41) is 8.87. The number of aryl methyl sites for hydroxylation is 1. The molecule has 15 heavy (non-hydrogen) atoms.